The first-order chi connectivity index (χ1) is 13.8. The number of hydrogen-bond donors (Lipinski definition) is 1. The Morgan fingerprint density at radius 2 is 1.97 bits per heavy atom. The Morgan fingerprint density at radius 1 is 1.17 bits per heavy atom. The SMILES string of the molecule is Cc1ccc(C(C)NC(=O)c2cc(-c3ccco3)nc3c2c(C)nn3C)c(C)c1. The van der Waals surface area contributed by atoms with Gasteiger partial charge in [0.15, 0.2) is 11.4 Å². The van der Waals surface area contributed by atoms with Crippen molar-refractivity contribution in [3.05, 3.63) is 70.6 Å². The fourth-order valence-corrected chi connectivity index (χ4v) is 3.84. The molecule has 1 atom stereocenters. The minimum absolute atomic E-state index is 0.129. The molecule has 148 valence electrons. The van der Waals surface area contributed by atoms with E-state index in [4.69, 9.17) is 4.42 Å². The summed E-state index contributed by atoms with van der Waals surface area (Å²) in [5.74, 6) is 0.455. The highest BCUT2D eigenvalue weighted by atomic mass is 16.3. The Hall–Kier alpha value is -3.41. The molecular formula is C23H24N4O2. The third-order valence-corrected chi connectivity index (χ3v) is 5.23. The fourth-order valence-electron chi connectivity index (χ4n) is 3.84. The first kappa shape index (κ1) is 18.9. The monoisotopic (exact) mass is 388 g/mol. The standard InChI is InChI=1S/C23H24N4O2/c1-13-8-9-17(14(2)11-13)15(3)24-23(28)18-12-19(20-7-6-10-29-20)25-22-21(18)16(4)26-27(22)5/h6-12,15H,1-5H3,(H,24,28). The molecule has 1 amide bonds. The predicted octanol–water partition coefficient (Wildman–Crippen LogP) is 4.64. The number of benzene rings is 1. The van der Waals surface area contributed by atoms with Crippen LogP contribution in [0.5, 0.6) is 0 Å². The van der Waals surface area contributed by atoms with Crippen LogP contribution in [-0.2, 0) is 7.05 Å². The molecule has 0 aliphatic rings. The van der Waals surface area contributed by atoms with E-state index in [-0.39, 0.29) is 11.9 Å². The van der Waals surface area contributed by atoms with Gasteiger partial charge in [-0.05, 0) is 57.0 Å². The summed E-state index contributed by atoms with van der Waals surface area (Å²) in [6.45, 7) is 8.02. The molecule has 0 radical (unpaired) electrons. The van der Waals surface area contributed by atoms with E-state index in [1.54, 1.807) is 23.1 Å². The Balaban J connectivity index is 1.76. The molecule has 0 saturated carbocycles. The van der Waals surface area contributed by atoms with Gasteiger partial charge in [0.05, 0.1) is 28.9 Å². The summed E-state index contributed by atoms with van der Waals surface area (Å²) in [6, 6.07) is 11.5. The van der Waals surface area contributed by atoms with E-state index in [0.29, 0.717) is 22.7 Å². The van der Waals surface area contributed by atoms with Gasteiger partial charge in [0.1, 0.15) is 5.69 Å². The number of carbonyl (C=O) groups excluding carboxylic acids is 1. The first-order valence-corrected chi connectivity index (χ1v) is 9.61. The van der Waals surface area contributed by atoms with Gasteiger partial charge in [-0.25, -0.2) is 4.98 Å². The van der Waals surface area contributed by atoms with Crippen molar-refractivity contribution in [3.63, 3.8) is 0 Å². The highest BCUT2D eigenvalue weighted by Gasteiger charge is 2.21. The number of aromatic nitrogens is 3. The van der Waals surface area contributed by atoms with Crippen LogP contribution in [0.2, 0.25) is 0 Å². The zero-order chi connectivity index (χ0) is 20.7. The van der Waals surface area contributed by atoms with Gasteiger partial charge in [-0.1, -0.05) is 23.8 Å². The zero-order valence-corrected chi connectivity index (χ0v) is 17.3. The molecule has 6 nitrogen and oxygen atoms in total. The van der Waals surface area contributed by atoms with Crippen LogP contribution in [0.4, 0.5) is 0 Å². The van der Waals surface area contributed by atoms with Crippen molar-refractivity contribution in [2.45, 2.75) is 33.7 Å². The van der Waals surface area contributed by atoms with E-state index >= 15 is 0 Å². The lowest BCUT2D eigenvalue weighted by Crippen LogP contribution is -2.27. The van der Waals surface area contributed by atoms with E-state index in [1.807, 2.05) is 27.0 Å². The molecule has 29 heavy (non-hydrogen) atoms. The maximum absolute atomic E-state index is 13.3. The Labute approximate surface area is 169 Å². The number of amides is 1. The van der Waals surface area contributed by atoms with Gasteiger partial charge in [-0.2, -0.15) is 5.10 Å². The Morgan fingerprint density at radius 3 is 2.66 bits per heavy atom. The summed E-state index contributed by atoms with van der Waals surface area (Å²) >= 11 is 0. The van der Waals surface area contributed by atoms with Crippen molar-refractivity contribution in [3.8, 4) is 11.5 Å². The van der Waals surface area contributed by atoms with Gasteiger partial charge < -0.3 is 9.73 Å². The van der Waals surface area contributed by atoms with Crippen LogP contribution >= 0.6 is 0 Å². The smallest absolute Gasteiger partial charge is 0.252 e. The number of hydrogen-bond acceptors (Lipinski definition) is 4. The van der Waals surface area contributed by atoms with Crippen LogP contribution in [0.15, 0.2) is 47.1 Å². The van der Waals surface area contributed by atoms with Crippen LogP contribution in [0.25, 0.3) is 22.5 Å². The van der Waals surface area contributed by atoms with Crippen molar-refractivity contribution in [1.82, 2.24) is 20.1 Å². The van der Waals surface area contributed by atoms with Crippen molar-refractivity contribution in [2.75, 3.05) is 0 Å². The molecule has 0 aliphatic heterocycles. The lowest BCUT2D eigenvalue weighted by atomic mass is 9.99. The zero-order valence-electron chi connectivity index (χ0n) is 17.3. The summed E-state index contributed by atoms with van der Waals surface area (Å²) < 4.78 is 7.20. The molecule has 0 saturated heterocycles. The number of rotatable bonds is 4. The second kappa shape index (κ2) is 7.20. The second-order valence-corrected chi connectivity index (χ2v) is 7.50. The number of pyridine rings is 1. The van der Waals surface area contributed by atoms with Crippen LogP contribution in [-0.4, -0.2) is 20.7 Å². The van der Waals surface area contributed by atoms with E-state index < -0.39 is 0 Å². The van der Waals surface area contributed by atoms with Gasteiger partial charge >= 0.3 is 0 Å². The molecular weight excluding hydrogens is 364 g/mol. The van der Waals surface area contributed by atoms with Gasteiger partial charge in [0, 0.05) is 7.05 Å². The van der Waals surface area contributed by atoms with Crippen LogP contribution < -0.4 is 5.32 Å². The highest BCUT2D eigenvalue weighted by molar-refractivity contribution is 6.07. The number of carbonyl (C=O) groups is 1. The van der Waals surface area contributed by atoms with Gasteiger partial charge in [0.25, 0.3) is 5.91 Å². The number of nitrogens with one attached hydrogen (secondary N) is 1. The van der Waals surface area contributed by atoms with E-state index in [0.717, 1.165) is 22.2 Å². The topological polar surface area (TPSA) is 73.0 Å². The van der Waals surface area contributed by atoms with Gasteiger partial charge in [0.2, 0.25) is 0 Å². The van der Waals surface area contributed by atoms with Crippen molar-refractivity contribution in [1.29, 1.82) is 0 Å². The second-order valence-electron chi connectivity index (χ2n) is 7.50. The van der Waals surface area contributed by atoms with E-state index in [9.17, 15) is 4.79 Å². The quantitative estimate of drug-likeness (QED) is 0.552. The molecule has 1 aromatic carbocycles. The minimum Gasteiger partial charge on any atom is -0.463 e. The maximum atomic E-state index is 13.3. The van der Waals surface area contributed by atoms with E-state index in [1.165, 1.54) is 5.56 Å². The van der Waals surface area contributed by atoms with Crippen molar-refractivity contribution in [2.24, 2.45) is 7.05 Å². The fraction of sp³-hybridized carbons (Fsp3) is 0.261. The van der Waals surface area contributed by atoms with Crippen molar-refractivity contribution < 1.29 is 9.21 Å². The van der Waals surface area contributed by atoms with Crippen LogP contribution in [0, 0.1) is 20.8 Å². The first-order valence-electron chi connectivity index (χ1n) is 9.61. The van der Waals surface area contributed by atoms with Crippen LogP contribution in [0.1, 0.15) is 45.7 Å². The number of nitrogens with zero attached hydrogens (tertiary/aromatic N) is 3. The molecule has 0 aliphatic carbocycles. The molecule has 0 fully saturated rings. The summed E-state index contributed by atoms with van der Waals surface area (Å²) in [7, 11) is 1.83. The summed E-state index contributed by atoms with van der Waals surface area (Å²) in [5.41, 5.74) is 6.04. The number of fused-ring (bicyclic) bond motifs is 1. The lowest BCUT2D eigenvalue weighted by Gasteiger charge is -2.18. The predicted molar refractivity (Wildman–Crippen MR) is 113 cm³/mol. The maximum Gasteiger partial charge on any atom is 0.252 e. The van der Waals surface area contributed by atoms with Crippen LogP contribution in [0.3, 0.4) is 0 Å². The normalized spacial score (nSPS) is 12.3. The number of aryl methyl sites for hydroxylation is 4. The molecule has 0 spiro atoms. The van der Waals surface area contributed by atoms with Gasteiger partial charge in [-0.15, -0.1) is 0 Å². The molecule has 1 N–H and O–H groups in total. The molecule has 0 bridgehead atoms. The average Bonchev–Trinajstić information content (AvgIpc) is 3.30. The third kappa shape index (κ3) is 3.42. The summed E-state index contributed by atoms with van der Waals surface area (Å²) in [6.07, 6.45) is 1.59. The third-order valence-electron chi connectivity index (χ3n) is 5.23. The molecule has 4 aromatic rings. The average molecular weight is 388 g/mol. The molecule has 4 rings (SSSR count). The molecule has 6 heteroatoms. The summed E-state index contributed by atoms with van der Waals surface area (Å²) in [4.78, 5) is 18.0. The molecule has 1 unspecified atom stereocenters. The molecule has 3 aromatic heterocycles. The summed E-state index contributed by atoms with van der Waals surface area (Å²) in [5, 5.41) is 8.36. The van der Waals surface area contributed by atoms with E-state index in [2.05, 4.69) is 47.4 Å². The molecule has 3 heterocycles. The highest BCUT2D eigenvalue weighted by Crippen LogP contribution is 2.28. The lowest BCUT2D eigenvalue weighted by molar-refractivity contribution is 0.0941. The number of furan rings is 1. The van der Waals surface area contributed by atoms with Gasteiger partial charge in [-0.3, -0.25) is 9.48 Å². The van der Waals surface area contributed by atoms with Crippen molar-refractivity contribution >= 4 is 16.9 Å². The minimum atomic E-state index is -0.159. The Kier molecular flexibility index (Phi) is 4.70. The Bertz CT molecular complexity index is 1210. The largest absolute Gasteiger partial charge is 0.463 e.